The predicted molar refractivity (Wildman–Crippen MR) is 127 cm³/mol. The Labute approximate surface area is 204 Å². The number of amides is 2. The number of halogens is 3. The molecule has 0 saturated heterocycles. The molecule has 2 amide bonds. The number of fused-ring (bicyclic) bond motifs is 2. The summed E-state index contributed by atoms with van der Waals surface area (Å²) in [6.45, 7) is 6.91. The molecule has 2 aliphatic rings. The van der Waals surface area contributed by atoms with Crippen molar-refractivity contribution in [3.05, 3.63) is 36.9 Å². The smallest absolute Gasteiger partial charge is 0.425 e. The number of alkyl halides is 3. The Hall–Kier alpha value is -2.11. The number of urea groups is 1. The third-order valence-electron chi connectivity index (χ3n) is 6.22. The second kappa shape index (κ2) is 9.87. The minimum atomic E-state index is -4.48. The molecule has 186 valence electrons. The third kappa shape index (κ3) is 4.96. The van der Waals surface area contributed by atoms with Gasteiger partial charge in [0.1, 0.15) is 9.88 Å². The molecule has 0 aromatic carbocycles. The van der Waals surface area contributed by atoms with Crippen molar-refractivity contribution in [2.75, 3.05) is 18.5 Å². The van der Waals surface area contributed by atoms with E-state index in [0.717, 1.165) is 34.6 Å². The van der Waals surface area contributed by atoms with Crippen LogP contribution in [0.2, 0.25) is 0 Å². The molecule has 34 heavy (non-hydrogen) atoms. The number of hydrogen-bond donors (Lipinski definition) is 3. The van der Waals surface area contributed by atoms with Crippen LogP contribution in [0.1, 0.15) is 74.8 Å². The summed E-state index contributed by atoms with van der Waals surface area (Å²) in [7, 11) is 0. The van der Waals surface area contributed by atoms with E-state index < -0.39 is 23.1 Å². The minimum absolute atomic E-state index is 0.127. The van der Waals surface area contributed by atoms with E-state index in [1.807, 2.05) is 0 Å². The van der Waals surface area contributed by atoms with Gasteiger partial charge in [-0.25, -0.2) is 9.59 Å². The summed E-state index contributed by atoms with van der Waals surface area (Å²) in [5.74, 6) is 0.151. The zero-order valence-electron chi connectivity index (χ0n) is 19.3. The normalized spacial score (nSPS) is 19.8. The zero-order chi connectivity index (χ0) is 24.6. The number of nitrogens with one attached hydrogen (secondary N) is 3. The predicted octanol–water partition coefficient (Wildman–Crippen LogP) is 5.66. The maximum atomic E-state index is 13.6. The van der Waals surface area contributed by atoms with Crippen LogP contribution in [-0.2, 0) is 36.8 Å². The Morgan fingerprint density at radius 3 is 2.68 bits per heavy atom. The number of hydrogen-bond acceptors (Lipinski definition) is 6. The Kier molecular flexibility index (Phi) is 7.25. The number of anilines is 1. The second-order valence-electron chi connectivity index (χ2n) is 8.86. The van der Waals surface area contributed by atoms with Crippen molar-refractivity contribution in [3.63, 3.8) is 0 Å². The van der Waals surface area contributed by atoms with E-state index in [1.165, 1.54) is 11.3 Å². The van der Waals surface area contributed by atoms with E-state index in [4.69, 9.17) is 4.74 Å². The van der Waals surface area contributed by atoms with Crippen LogP contribution in [0.5, 0.6) is 0 Å². The van der Waals surface area contributed by atoms with Crippen LogP contribution in [0, 0.1) is 5.92 Å². The maximum Gasteiger partial charge on any atom is 0.425 e. The molecule has 4 rings (SSSR count). The average molecular weight is 516 g/mol. The Balaban J connectivity index is 1.56. The van der Waals surface area contributed by atoms with Gasteiger partial charge in [0.05, 0.1) is 12.2 Å². The van der Waals surface area contributed by atoms with Crippen molar-refractivity contribution in [3.8, 4) is 0 Å². The van der Waals surface area contributed by atoms with E-state index in [-0.39, 0.29) is 24.6 Å². The van der Waals surface area contributed by atoms with Gasteiger partial charge in [-0.3, -0.25) is 5.32 Å². The SMILES string of the molecule is CCOC(=O)c1c(NC(=O)NCc2c(C(F)(F)F)sc3c2CCNC3)sc2c1CC(C)CC2C. The summed E-state index contributed by atoms with van der Waals surface area (Å²) in [4.78, 5) is 26.6. The van der Waals surface area contributed by atoms with E-state index in [1.54, 1.807) is 6.92 Å². The van der Waals surface area contributed by atoms with Crippen LogP contribution >= 0.6 is 22.7 Å². The fourth-order valence-corrected chi connectivity index (χ4v) is 7.35. The lowest BCUT2D eigenvalue weighted by Crippen LogP contribution is -2.30. The summed E-state index contributed by atoms with van der Waals surface area (Å²) in [5.41, 5.74) is 2.06. The van der Waals surface area contributed by atoms with E-state index in [9.17, 15) is 22.8 Å². The topological polar surface area (TPSA) is 79.5 Å². The van der Waals surface area contributed by atoms with Gasteiger partial charge >= 0.3 is 18.2 Å². The molecule has 0 fully saturated rings. The summed E-state index contributed by atoms with van der Waals surface area (Å²) in [5, 5.41) is 8.78. The molecule has 0 spiro atoms. The standard InChI is InChI=1S/C23H28F3N3O3S2/c1-4-32-21(30)17-14-8-11(2)7-12(3)18(14)34-20(17)29-22(31)28-9-15-13-5-6-27-10-16(13)33-19(15)23(24,25)26/h11-12,27H,4-10H2,1-3H3,(H2,28,29,31). The molecule has 0 radical (unpaired) electrons. The van der Waals surface area contributed by atoms with Crippen molar-refractivity contribution in [1.29, 1.82) is 0 Å². The van der Waals surface area contributed by atoms with Crippen LogP contribution in [0.25, 0.3) is 0 Å². The molecule has 1 aliphatic carbocycles. The summed E-state index contributed by atoms with van der Waals surface area (Å²) < 4.78 is 46.1. The monoisotopic (exact) mass is 515 g/mol. The largest absolute Gasteiger partial charge is 0.462 e. The highest BCUT2D eigenvalue weighted by atomic mass is 32.1. The van der Waals surface area contributed by atoms with Gasteiger partial charge in [-0.2, -0.15) is 13.2 Å². The highest BCUT2D eigenvalue weighted by Crippen LogP contribution is 2.45. The van der Waals surface area contributed by atoms with Gasteiger partial charge < -0.3 is 15.4 Å². The van der Waals surface area contributed by atoms with Crippen molar-refractivity contribution in [2.24, 2.45) is 5.92 Å². The summed E-state index contributed by atoms with van der Waals surface area (Å²) in [6, 6.07) is -0.646. The van der Waals surface area contributed by atoms with Crippen LogP contribution in [0.4, 0.5) is 23.0 Å². The number of rotatable bonds is 5. The minimum Gasteiger partial charge on any atom is -0.462 e. The van der Waals surface area contributed by atoms with Gasteiger partial charge in [0, 0.05) is 22.8 Å². The molecule has 2 unspecified atom stereocenters. The Morgan fingerprint density at radius 2 is 1.97 bits per heavy atom. The number of esters is 1. The fraction of sp³-hybridized carbons (Fsp3) is 0.565. The number of carbonyl (C=O) groups is 2. The molecule has 11 heteroatoms. The van der Waals surface area contributed by atoms with Gasteiger partial charge in [0.25, 0.3) is 0 Å². The maximum absolute atomic E-state index is 13.6. The summed E-state index contributed by atoms with van der Waals surface area (Å²) >= 11 is 2.09. The quantitative estimate of drug-likeness (QED) is 0.449. The van der Waals surface area contributed by atoms with Crippen molar-refractivity contribution >= 4 is 39.7 Å². The molecule has 0 bridgehead atoms. The highest BCUT2D eigenvalue weighted by molar-refractivity contribution is 7.17. The van der Waals surface area contributed by atoms with Gasteiger partial charge in [-0.15, -0.1) is 22.7 Å². The van der Waals surface area contributed by atoms with Gasteiger partial charge in [-0.1, -0.05) is 13.8 Å². The van der Waals surface area contributed by atoms with Crippen LogP contribution in [0.3, 0.4) is 0 Å². The highest BCUT2D eigenvalue weighted by Gasteiger charge is 2.38. The first-order valence-corrected chi connectivity index (χ1v) is 13.0. The Bertz CT molecular complexity index is 1090. The lowest BCUT2D eigenvalue weighted by Gasteiger charge is -2.24. The molecule has 2 aromatic rings. The molecule has 2 aromatic heterocycles. The fourth-order valence-electron chi connectivity index (χ4n) is 4.87. The van der Waals surface area contributed by atoms with Crippen molar-refractivity contribution < 1.29 is 27.5 Å². The number of carbonyl (C=O) groups excluding carboxylic acids is 2. The number of ether oxygens (including phenoxy) is 1. The first kappa shape index (κ1) is 25.0. The van der Waals surface area contributed by atoms with E-state index >= 15 is 0 Å². The van der Waals surface area contributed by atoms with Crippen molar-refractivity contribution in [1.82, 2.24) is 10.6 Å². The molecule has 1 aliphatic heterocycles. The lowest BCUT2D eigenvalue weighted by atomic mass is 9.82. The third-order valence-corrected chi connectivity index (χ3v) is 8.92. The Morgan fingerprint density at radius 1 is 1.21 bits per heavy atom. The van der Waals surface area contributed by atoms with E-state index in [2.05, 4.69) is 29.8 Å². The lowest BCUT2D eigenvalue weighted by molar-refractivity contribution is -0.135. The van der Waals surface area contributed by atoms with E-state index in [0.29, 0.717) is 46.4 Å². The van der Waals surface area contributed by atoms with Crippen molar-refractivity contribution in [2.45, 2.75) is 65.2 Å². The molecule has 0 saturated carbocycles. The molecule has 2 atom stereocenters. The van der Waals surface area contributed by atoms with Gasteiger partial charge in [0.2, 0.25) is 0 Å². The first-order chi connectivity index (χ1) is 16.1. The van der Waals surface area contributed by atoms with Gasteiger partial charge in [-0.05, 0) is 61.3 Å². The molecular formula is C23H28F3N3O3S2. The van der Waals surface area contributed by atoms with Crippen LogP contribution < -0.4 is 16.0 Å². The molecule has 3 heterocycles. The van der Waals surface area contributed by atoms with Gasteiger partial charge in [0.15, 0.2) is 0 Å². The molecule has 6 nitrogen and oxygen atoms in total. The zero-order valence-corrected chi connectivity index (χ0v) is 20.9. The number of thiophene rings is 2. The molecular weight excluding hydrogens is 487 g/mol. The summed E-state index contributed by atoms with van der Waals surface area (Å²) in [6.07, 6.45) is -2.29. The first-order valence-electron chi connectivity index (χ1n) is 11.4. The van der Waals surface area contributed by atoms with Crippen LogP contribution in [-0.4, -0.2) is 25.2 Å². The average Bonchev–Trinajstić information content (AvgIpc) is 3.31. The van der Waals surface area contributed by atoms with Crippen LogP contribution in [0.15, 0.2) is 0 Å². The molecule has 3 N–H and O–H groups in total. The second-order valence-corrected chi connectivity index (χ2v) is 11.0.